The minimum atomic E-state index is -0.369. The SMILES string of the molecule is COC(=O)c1cccc(-c2ccc([C@@H]3[C@H](c4ccccn4)NC(=S)N3C3CCCC3)o2)c1. The molecule has 2 aromatic heterocycles. The van der Waals surface area contributed by atoms with Crippen LogP contribution in [0.2, 0.25) is 0 Å². The lowest BCUT2D eigenvalue weighted by molar-refractivity contribution is 0.0601. The molecule has 32 heavy (non-hydrogen) atoms. The van der Waals surface area contributed by atoms with Crippen molar-refractivity contribution >= 4 is 23.3 Å². The summed E-state index contributed by atoms with van der Waals surface area (Å²) in [7, 11) is 1.38. The number of methoxy groups -OCH3 is 1. The molecule has 0 spiro atoms. The molecule has 3 heterocycles. The van der Waals surface area contributed by atoms with E-state index >= 15 is 0 Å². The van der Waals surface area contributed by atoms with E-state index in [1.54, 1.807) is 18.3 Å². The number of nitrogens with one attached hydrogen (secondary N) is 1. The molecule has 1 aliphatic heterocycles. The molecule has 1 aliphatic carbocycles. The maximum absolute atomic E-state index is 11.9. The molecule has 0 radical (unpaired) electrons. The van der Waals surface area contributed by atoms with Gasteiger partial charge < -0.3 is 19.4 Å². The molecule has 2 atom stereocenters. The fourth-order valence-electron chi connectivity index (χ4n) is 4.83. The zero-order chi connectivity index (χ0) is 22.1. The third kappa shape index (κ3) is 3.77. The fourth-order valence-corrected chi connectivity index (χ4v) is 5.22. The second-order valence-corrected chi connectivity index (χ2v) is 8.63. The highest BCUT2D eigenvalue weighted by atomic mass is 32.1. The second-order valence-electron chi connectivity index (χ2n) is 8.25. The molecule has 0 amide bonds. The summed E-state index contributed by atoms with van der Waals surface area (Å²) in [5.41, 5.74) is 2.26. The van der Waals surface area contributed by atoms with Crippen LogP contribution in [0.5, 0.6) is 0 Å². The number of pyridine rings is 1. The summed E-state index contributed by atoms with van der Waals surface area (Å²) < 4.78 is 11.2. The molecule has 0 bridgehead atoms. The summed E-state index contributed by atoms with van der Waals surface area (Å²) in [5, 5.41) is 4.25. The molecule has 7 heteroatoms. The Labute approximate surface area is 192 Å². The monoisotopic (exact) mass is 447 g/mol. The van der Waals surface area contributed by atoms with E-state index < -0.39 is 0 Å². The van der Waals surface area contributed by atoms with Crippen molar-refractivity contribution in [1.82, 2.24) is 15.2 Å². The van der Waals surface area contributed by atoms with Crippen molar-refractivity contribution in [3.63, 3.8) is 0 Å². The molecule has 1 aromatic carbocycles. The lowest BCUT2D eigenvalue weighted by atomic mass is 10.0. The largest absolute Gasteiger partial charge is 0.465 e. The topological polar surface area (TPSA) is 67.6 Å². The number of thiocarbonyl (C=S) groups is 1. The smallest absolute Gasteiger partial charge is 0.337 e. The maximum atomic E-state index is 11.9. The van der Waals surface area contributed by atoms with Crippen LogP contribution in [0.25, 0.3) is 11.3 Å². The van der Waals surface area contributed by atoms with Crippen LogP contribution < -0.4 is 5.32 Å². The van der Waals surface area contributed by atoms with Crippen molar-refractivity contribution < 1.29 is 13.9 Å². The van der Waals surface area contributed by atoms with E-state index in [0.717, 1.165) is 35.0 Å². The van der Waals surface area contributed by atoms with Gasteiger partial charge in [0.2, 0.25) is 0 Å². The first-order valence-corrected chi connectivity index (χ1v) is 11.3. The Balaban J connectivity index is 1.52. The molecule has 2 fully saturated rings. The summed E-state index contributed by atoms with van der Waals surface area (Å²) in [6, 6.07) is 17.4. The number of hydrogen-bond donors (Lipinski definition) is 1. The third-order valence-electron chi connectivity index (χ3n) is 6.34. The van der Waals surface area contributed by atoms with Crippen LogP contribution in [0, 0.1) is 0 Å². The van der Waals surface area contributed by atoms with Crippen LogP contribution in [0.4, 0.5) is 0 Å². The Bertz CT molecular complexity index is 1120. The molecule has 1 N–H and O–H groups in total. The Morgan fingerprint density at radius 2 is 2.00 bits per heavy atom. The van der Waals surface area contributed by atoms with Crippen LogP contribution in [0.15, 0.2) is 65.2 Å². The average Bonchev–Trinajstić information content (AvgIpc) is 3.59. The van der Waals surface area contributed by atoms with Gasteiger partial charge in [-0.2, -0.15) is 0 Å². The first-order chi connectivity index (χ1) is 15.7. The predicted molar refractivity (Wildman–Crippen MR) is 125 cm³/mol. The number of carbonyl (C=O) groups is 1. The summed E-state index contributed by atoms with van der Waals surface area (Å²) in [4.78, 5) is 18.9. The average molecular weight is 448 g/mol. The van der Waals surface area contributed by atoms with Crippen molar-refractivity contribution in [3.05, 3.63) is 77.8 Å². The second kappa shape index (κ2) is 8.74. The maximum Gasteiger partial charge on any atom is 0.337 e. The Hall–Kier alpha value is -3.19. The van der Waals surface area contributed by atoms with Crippen LogP contribution >= 0.6 is 12.2 Å². The minimum Gasteiger partial charge on any atom is -0.465 e. The molecule has 164 valence electrons. The molecule has 3 aromatic rings. The molecule has 2 aliphatic rings. The van der Waals surface area contributed by atoms with Gasteiger partial charge in [0.15, 0.2) is 5.11 Å². The highest BCUT2D eigenvalue weighted by Gasteiger charge is 2.45. The summed E-state index contributed by atoms with van der Waals surface area (Å²) in [6.45, 7) is 0. The van der Waals surface area contributed by atoms with E-state index in [4.69, 9.17) is 21.4 Å². The highest BCUT2D eigenvalue weighted by Crippen LogP contribution is 2.44. The molecule has 6 nitrogen and oxygen atoms in total. The number of rotatable bonds is 5. The van der Waals surface area contributed by atoms with Crippen molar-refractivity contribution in [1.29, 1.82) is 0 Å². The number of furan rings is 1. The van der Waals surface area contributed by atoms with Crippen LogP contribution in [0.3, 0.4) is 0 Å². The van der Waals surface area contributed by atoms with Gasteiger partial charge in [-0.25, -0.2) is 4.79 Å². The van der Waals surface area contributed by atoms with Gasteiger partial charge in [0.05, 0.1) is 24.4 Å². The standard InChI is InChI=1S/C25H25N3O3S/c1-30-24(29)17-8-6-7-16(15-17)20-12-13-21(31-20)23-22(19-11-4-5-14-26-19)27-25(32)28(23)18-9-2-3-10-18/h4-8,11-15,18,22-23H,2-3,9-10H2,1H3,(H,27,32)/t22-,23+/m0/s1. The van der Waals surface area contributed by atoms with Crippen LogP contribution in [-0.2, 0) is 4.74 Å². The van der Waals surface area contributed by atoms with E-state index in [9.17, 15) is 4.79 Å². The van der Waals surface area contributed by atoms with Crippen molar-refractivity contribution in [2.75, 3.05) is 7.11 Å². The number of ether oxygens (including phenoxy) is 1. The third-order valence-corrected chi connectivity index (χ3v) is 6.67. The first kappa shape index (κ1) is 20.7. The molecular formula is C25H25N3O3S. The first-order valence-electron chi connectivity index (χ1n) is 10.9. The number of benzene rings is 1. The number of hydrogen-bond acceptors (Lipinski definition) is 5. The molecule has 5 rings (SSSR count). The fraction of sp³-hybridized carbons (Fsp3) is 0.320. The van der Waals surface area contributed by atoms with E-state index in [2.05, 4.69) is 15.2 Å². The highest BCUT2D eigenvalue weighted by molar-refractivity contribution is 7.80. The van der Waals surface area contributed by atoms with Gasteiger partial charge in [-0.15, -0.1) is 0 Å². The molecule has 0 unspecified atom stereocenters. The van der Waals surface area contributed by atoms with Gasteiger partial charge in [0.1, 0.15) is 17.6 Å². The molecule has 1 saturated carbocycles. The molecule has 1 saturated heterocycles. The quantitative estimate of drug-likeness (QED) is 0.434. The predicted octanol–water partition coefficient (Wildman–Crippen LogP) is 5.04. The zero-order valence-electron chi connectivity index (χ0n) is 17.9. The van der Waals surface area contributed by atoms with E-state index in [-0.39, 0.29) is 18.1 Å². The summed E-state index contributed by atoms with van der Waals surface area (Å²) >= 11 is 5.78. The summed E-state index contributed by atoms with van der Waals surface area (Å²) in [6.07, 6.45) is 6.49. The number of carbonyl (C=O) groups excluding carboxylic acids is 1. The van der Waals surface area contributed by atoms with E-state index in [0.29, 0.717) is 17.4 Å². The number of nitrogens with zero attached hydrogens (tertiary/aromatic N) is 2. The van der Waals surface area contributed by atoms with Crippen molar-refractivity contribution in [2.45, 2.75) is 43.8 Å². The van der Waals surface area contributed by atoms with E-state index in [1.165, 1.54) is 20.0 Å². The molecular weight excluding hydrogens is 422 g/mol. The van der Waals surface area contributed by atoms with Gasteiger partial charge in [-0.1, -0.05) is 31.0 Å². The van der Waals surface area contributed by atoms with Gasteiger partial charge in [0, 0.05) is 17.8 Å². The Kier molecular flexibility index (Phi) is 5.66. The van der Waals surface area contributed by atoms with Crippen molar-refractivity contribution in [3.8, 4) is 11.3 Å². The Morgan fingerprint density at radius 1 is 1.16 bits per heavy atom. The van der Waals surface area contributed by atoms with Crippen molar-refractivity contribution in [2.24, 2.45) is 0 Å². The van der Waals surface area contributed by atoms with Gasteiger partial charge in [-0.3, -0.25) is 4.98 Å². The number of aromatic nitrogens is 1. The van der Waals surface area contributed by atoms with Crippen LogP contribution in [-0.4, -0.2) is 34.1 Å². The number of esters is 1. The zero-order valence-corrected chi connectivity index (χ0v) is 18.7. The van der Waals surface area contributed by atoms with Gasteiger partial charge in [0.25, 0.3) is 0 Å². The lowest BCUT2D eigenvalue weighted by Crippen LogP contribution is -2.37. The minimum absolute atomic E-state index is 0.0851. The lowest BCUT2D eigenvalue weighted by Gasteiger charge is -2.31. The Morgan fingerprint density at radius 3 is 2.75 bits per heavy atom. The van der Waals surface area contributed by atoms with Gasteiger partial charge in [-0.05, 0) is 61.5 Å². The van der Waals surface area contributed by atoms with E-state index in [1.807, 2.05) is 42.5 Å². The summed E-state index contributed by atoms with van der Waals surface area (Å²) in [5.74, 6) is 1.17. The van der Waals surface area contributed by atoms with Crippen LogP contribution in [0.1, 0.15) is 59.6 Å². The normalized spacial score (nSPS) is 21.0. The van der Waals surface area contributed by atoms with Gasteiger partial charge >= 0.3 is 5.97 Å².